The first-order chi connectivity index (χ1) is 11.1. The van der Waals surface area contributed by atoms with Gasteiger partial charge in [-0.25, -0.2) is 0 Å². The van der Waals surface area contributed by atoms with E-state index < -0.39 is 11.8 Å². The molecule has 0 radical (unpaired) electrons. The summed E-state index contributed by atoms with van der Waals surface area (Å²) in [6, 6.07) is 10.3. The zero-order valence-corrected chi connectivity index (χ0v) is 12.8. The number of nitrogens with zero attached hydrogens (tertiary/aromatic N) is 1. The summed E-state index contributed by atoms with van der Waals surface area (Å²) in [6.45, 7) is 0.250. The molecule has 3 rings (SSSR count). The largest absolute Gasteiger partial charge is 0.492 e. The van der Waals surface area contributed by atoms with Crippen LogP contribution < -0.4 is 15.6 Å². The molecule has 1 aromatic heterocycles. The molecule has 1 aliphatic heterocycles. The molecule has 23 heavy (non-hydrogen) atoms. The number of pyridine rings is 1. The lowest BCUT2D eigenvalue weighted by molar-refractivity contribution is -0.127. The van der Waals surface area contributed by atoms with Crippen molar-refractivity contribution in [2.45, 2.75) is 6.42 Å². The van der Waals surface area contributed by atoms with Gasteiger partial charge in [0.2, 0.25) is 5.91 Å². The fraction of sp³-hybridized carbons (Fsp3) is 0.188. The molecule has 0 fully saturated rings. The highest BCUT2D eigenvalue weighted by molar-refractivity contribution is 6.30. The maximum absolute atomic E-state index is 12.2. The second-order valence-corrected chi connectivity index (χ2v) is 5.56. The Hall–Kier alpha value is -2.60. The van der Waals surface area contributed by atoms with E-state index in [9.17, 15) is 9.59 Å². The normalized spacial score (nSPS) is 16.0. The predicted molar refractivity (Wildman–Crippen MR) is 84.0 cm³/mol. The Labute approximate surface area is 137 Å². The summed E-state index contributed by atoms with van der Waals surface area (Å²) in [5.41, 5.74) is 5.86. The minimum absolute atomic E-state index is 0.227. The van der Waals surface area contributed by atoms with Crippen molar-refractivity contribution in [3.8, 4) is 5.75 Å². The van der Waals surface area contributed by atoms with Crippen molar-refractivity contribution in [2.75, 3.05) is 6.61 Å². The number of hydrazine groups is 1. The number of benzene rings is 1. The average Bonchev–Trinajstić information content (AvgIpc) is 2.59. The second kappa shape index (κ2) is 6.66. The van der Waals surface area contributed by atoms with Crippen molar-refractivity contribution >= 4 is 23.4 Å². The van der Waals surface area contributed by atoms with Gasteiger partial charge in [0.25, 0.3) is 5.91 Å². The van der Waals surface area contributed by atoms with Crippen LogP contribution in [0.25, 0.3) is 0 Å². The Morgan fingerprint density at radius 3 is 2.87 bits per heavy atom. The molecule has 2 heterocycles. The van der Waals surface area contributed by atoms with Crippen LogP contribution in [-0.2, 0) is 11.2 Å². The summed E-state index contributed by atoms with van der Waals surface area (Å²) in [7, 11) is 0. The third-order valence-electron chi connectivity index (χ3n) is 3.50. The molecule has 118 valence electrons. The average molecular weight is 332 g/mol. The summed E-state index contributed by atoms with van der Waals surface area (Å²) in [5.74, 6) is -0.458. The molecule has 1 atom stereocenters. The summed E-state index contributed by atoms with van der Waals surface area (Å²) in [4.78, 5) is 27.9. The van der Waals surface area contributed by atoms with Gasteiger partial charge in [-0.3, -0.25) is 25.4 Å². The molecule has 0 spiro atoms. The summed E-state index contributed by atoms with van der Waals surface area (Å²) in [6.07, 6.45) is 2.01. The molecule has 0 bridgehead atoms. The number of aromatic nitrogens is 1. The topological polar surface area (TPSA) is 80.3 Å². The van der Waals surface area contributed by atoms with E-state index in [1.807, 2.05) is 0 Å². The maximum Gasteiger partial charge on any atom is 0.288 e. The Kier molecular flexibility index (Phi) is 4.43. The third kappa shape index (κ3) is 3.60. The van der Waals surface area contributed by atoms with Gasteiger partial charge in [0.1, 0.15) is 18.1 Å². The van der Waals surface area contributed by atoms with Crippen molar-refractivity contribution in [1.82, 2.24) is 15.8 Å². The predicted octanol–water partition coefficient (Wildman–Crippen LogP) is 1.75. The van der Waals surface area contributed by atoms with Gasteiger partial charge in [0.05, 0.1) is 5.92 Å². The molecule has 2 N–H and O–H groups in total. The van der Waals surface area contributed by atoms with E-state index in [4.69, 9.17) is 16.3 Å². The molecule has 0 saturated carbocycles. The van der Waals surface area contributed by atoms with Crippen LogP contribution in [0, 0.1) is 5.92 Å². The number of amides is 2. The van der Waals surface area contributed by atoms with Gasteiger partial charge in [-0.1, -0.05) is 17.7 Å². The SMILES string of the molecule is O=C(NNC(=O)[C@@H]1COc2ccc(Cl)cc2C1)c1ccccn1. The highest BCUT2D eigenvalue weighted by atomic mass is 35.5. The molecule has 2 amide bonds. The molecule has 1 aliphatic rings. The van der Waals surface area contributed by atoms with Gasteiger partial charge in [-0.05, 0) is 42.3 Å². The number of ether oxygens (including phenoxy) is 1. The van der Waals surface area contributed by atoms with Gasteiger partial charge >= 0.3 is 0 Å². The van der Waals surface area contributed by atoms with E-state index in [0.717, 1.165) is 11.3 Å². The molecule has 0 saturated heterocycles. The van der Waals surface area contributed by atoms with Crippen LogP contribution in [0.5, 0.6) is 5.75 Å². The zero-order chi connectivity index (χ0) is 16.2. The third-order valence-corrected chi connectivity index (χ3v) is 3.73. The van der Waals surface area contributed by atoms with Crippen LogP contribution in [0.15, 0.2) is 42.6 Å². The fourth-order valence-electron chi connectivity index (χ4n) is 2.31. The Morgan fingerprint density at radius 2 is 2.09 bits per heavy atom. The molecule has 6 nitrogen and oxygen atoms in total. The van der Waals surface area contributed by atoms with Crippen LogP contribution in [0.3, 0.4) is 0 Å². The quantitative estimate of drug-likeness (QED) is 0.822. The van der Waals surface area contributed by atoms with Gasteiger partial charge in [-0.2, -0.15) is 0 Å². The minimum atomic E-state index is -0.473. The number of carbonyl (C=O) groups excluding carboxylic acids is 2. The smallest absolute Gasteiger partial charge is 0.288 e. The minimum Gasteiger partial charge on any atom is -0.492 e. The molecular weight excluding hydrogens is 318 g/mol. The van der Waals surface area contributed by atoms with Crippen molar-refractivity contribution in [3.63, 3.8) is 0 Å². The number of halogens is 1. The van der Waals surface area contributed by atoms with Crippen molar-refractivity contribution in [1.29, 1.82) is 0 Å². The summed E-state index contributed by atoms with van der Waals surface area (Å²) in [5, 5.41) is 0.594. The Bertz CT molecular complexity index is 737. The van der Waals surface area contributed by atoms with Crippen molar-refractivity contribution < 1.29 is 14.3 Å². The number of hydrogen-bond acceptors (Lipinski definition) is 4. The number of nitrogens with one attached hydrogen (secondary N) is 2. The number of hydrogen-bond donors (Lipinski definition) is 2. The van der Waals surface area contributed by atoms with E-state index in [-0.39, 0.29) is 18.2 Å². The van der Waals surface area contributed by atoms with E-state index >= 15 is 0 Å². The zero-order valence-electron chi connectivity index (χ0n) is 12.1. The summed E-state index contributed by atoms with van der Waals surface area (Å²) >= 11 is 5.95. The van der Waals surface area contributed by atoms with E-state index in [1.54, 1.807) is 36.4 Å². The van der Waals surface area contributed by atoms with Crippen LogP contribution in [-0.4, -0.2) is 23.4 Å². The Balaban J connectivity index is 1.58. The van der Waals surface area contributed by atoms with Crippen molar-refractivity contribution in [3.05, 3.63) is 58.9 Å². The Morgan fingerprint density at radius 1 is 1.22 bits per heavy atom. The van der Waals surface area contributed by atoms with Crippen molar-refractivity contribution in [2.24, 2.45) is 5.92 Å². The van der Waals surface area contributed by atoms with E-state index in [2.05, 4.69) is 15.8 Å². The van der Waals surface area contributed by atoms with E-state index in [1.165, 1.54) is 6.20 Å². The van der Waals surface area contributed by atoms with E-state index in [0.29, 0.717) is 11.4 Å². The molecule has 2 aromatic rings. The van der Waals surface area contributed by atoms with Crippen LogP contribution in [0.2, 0.25) is 5.02 Å². The first kappa shape index (κ1) is 15.3. The number of rotatable bonds is 2. The lowest BCUT2D eigenvalue weighted by atomic mass is 9.96. The molecule has 0 unspecified atom stereocenters. The standard InChI is InChI=1S/C16H14ClN3O3/c17-12-4-5-14-10(8-12)7-11(9-23-14)15(21)19-20-16(22)13-3-1-2-6-18-13/h1-6,8,11H,7,9H2,(H,19,21)(H,20,22)/t11-/m0/s1. The van der Waals surface area contributed by atoms with Gasteiger partial charge in [0.15, 0.2) is 0 Å². The van der Waals surface area contributed by atoms with Gasteiger partial charge < -0.3 is 4.74 Å². The molecule has 7 heteroatoms. The maximum atomic E-state index is 12.2. The van der Waals surface area contributed by atoms with Gasteiger partial charge in [0, 0.05) is 11.2 Å². The second-order valence-electron chi connectivity index (χ2n) is 5.12. The highest BCUT2D eigenvalue weighted by Crippen LogP contribution is 2.29. The highest BCUT2D eigenvalue weighted by Gasteiger charge is 2.26. The number of carbonyl (C=O) groups is 2. The number of fused-ring (bicyclic) bond motifs is 1. The first-order valence-electron chi connectivity index (χ1n) is 7.06. The van der Waals surface area contributed by atoms with Crippen LogP contribution in [0.4, 0.5) is 0 Å². The monoisotopic (exact) mass is 331 g/mol. The van der Waals surface area contributed by atoms with Crippen LogP contribution >= 0.6 is 11.6 Å². The molecule has 1 aromatic carbocycles. The summed E-state index contributed by atoms with van der Waals surface area (Å²) < 4.78 is 5.56. The molecule has 0 aliphatic carbocycles. The lowest BCUT2D eigenvalue weighted by Crippen LogP contribution is -2.47. The fourth-order valence-corrected chi connectivity index (χ4v) is 2.51. The first-order valence-corrected chi connectivity index (χ1v) is 7.44. The van der Waals surface area contributed by atoms with Crippen LogP contribution in [0.1, 0.15) is 16.1 Å². The molecular formula is C16H14ClN3O3. The lowest BCUT2D eigenvalue weighted by Gasteiger charge is -2.24. The van der Waals surface area contributed by atoms with Gasteiger partial charge in [-0.15, -0.1) is 0 Å².